The fourth-order valence-corrected chi connectivity index (χ4v) is 6.33. The lowest BCUT2D eigenvalue weighted by Gasteiger charge is -2.33. The van der Waals surface area contributed by atoms with E-state index in [1.807, 2.05) is 10.8 Å². The Morgan fingerprint density at radius 2 is 1.81 bits per heavy atom. The van der Waals surface area contributed by atoms with Gasteiger partial charge >= 0.3 is 6.18 Å². The van der Waals surface area contributed by atoms with Crippen molar-refractivity contribution >= 4 is 38.2 Å². The molecule has 3 aromatic rings. The Morgan fingerprint density at radius 1 is 1.09 bits per heavy atom. The van der Waals surface area contributed by atoms with Crippen LogP contribution in [0.25, 0.3) is 10.9 Å². The van der Waals surface area contributed by atoms with Gasteiger partial charge in [0.2, 0.25) is 5.91 Å². The number of rotatable bonds is 9. The van der Waals surface area contributed by atoms with Crippen LogP contribution >= 0.6 is 0 Å². The Balaban J connectivity index is 1.55. The van der Waals surface area contributed by atoms with Crippen LogP contribution in [0.4, 0.5) is 24.5 Å². The summed E-state index contributed by atoms with van der Waals surface area (Å²) in [6.07, 6.45) is -0.383. The molecule has 1 aliphatic rings. The first kappa shape index (κ1) is 32.0. The molecular weight excluding hydrogens is 583 g/mol. The van der Waals surface area contributed by atoms with E-state index in [2.05, 4.69) is 41.5 Å². The van der Waals surface area contributed by atoms with Crippen molar-refractivity contribution in [2.45, 2.75) is 62.3 Å². The van der Waals surface area contributed by atoms with Crippen LogP contribution in [0.3, 0.4) is 0 Å². The van der Waals surface area contributed by atoms with Crippen molar-refractivity contribution < 1.29 is 31.1 Å². The normalized spacial score (nSPS) is 17.3. The number of carbonyl (C=O) groups is 1. The number of hydrogen-bond acceptors (Lipinski definition) is 7. The van der Waals surface area contributed by atoms with Crippen molar-refractivity contribution in [2.75, 3.05) is 38.4 Å². The molecule has 1 saturated carbocycles. The van der Waals surface area contributed by atoms with Crippen LogP contribution in [0, 0.1) is 11.8 Å². The summed E-state index contributed by atoms with van der Waals surface area (Å²) in [7, 11) is 1.46. The number of methoxy groups -OCH3 is 1. The largest absolute Gasteiger partial charge is 0.495 e. The van der Waals surface area contributed by atoms with E-state index in [1.54, 1.807) is 18.2 Å². The van der Waals surface area contributed by atoms with Gasteiger partial charge in [-0.3, -0.25) is 4.79 Å². The van der Waals surface area contributed by atoms with Gasteiger partial charge in [0, 0.05) is 36.1 Å². The molecule has 0 spiro atoms. The third kappa shape index (κ3) is 8.14. The van der Waals surface area contributed by atoms with Gasteiger partial charge in [-0.2, -0.15) is 13.2 Å². The molecule has 1 aliphatic carbocycles. The average molecular weight is 620 g/mol. The summed E-state index contributed by atoms with van der Waals surface area (Å²) in [5, 5.41) is 7.24. The summed E-state index contributed by atoms with van der Waals surface area (Å²) in [4.78, 5) is 13.3. The van der Waals surface area contributed by atoms with Gasteiger partial charge in [-0.1, -0.05) is 12.0 Å². The van der Waals surface area contributed by atoms with Crippen molar-refractivity contribution in [1.29, 1.82) is 0 Å². The second kappa shape index (κ2) is 13.2. The number of carbonyl (C=O) groups excluding carboxylic acids is 1. The van der Waals surface area contributed by atoms with Gasteiger partial charge in [0.05, 0.1) is 35.4 Å². The molecule has 2 aromatic carbocycles. The van der Waals surface area contributed by atoms with E-state index in [9.17, 15) is 26.4 Å². The minimum Gasteiger partial charge on any atom is -0.495 e. The molecule has 1 fully saturated rings. The monoisotopic (exact) mass is 619 g/mol. The SMILES string of the molecule is COc1cc(S(=O)(=O)NC(C)=O)ccc1NCC#Cc1cc2c(NC3CCC(N(C)C)CC3)cccc2n1CC(F)(F)F. The zero-order valence-electron chi connectivity index (χ0n) is 24.5. The highest BCUT2D eigenvalue weighted by molar-refractivity contribution is 7.90. The lowest BCUT2D eigenvalue weighted by molar-refractivity contribution is -0.140. The van der Waals surface area contributed by atoms with E-state index in [1.165, 1.54) is 29.9 Å². The minimum atomic E-state index is -4.44. The highest BCUT2D eigenvalue weighted by Crippen LogP contribution is 2.33. The predicted octanol–water partition coefficient (Wildman–Crippen LogP) is 4.79. The number of nitrogens with zero attached hydrogens (tertiary/aromatic N) is 2. The summed E-state index contributed by atoms with van der Waals surface area (Å²) in [6.45, 7) is -0.0443. The summed E-state index contributed by atoms with van der Waals surface area (Å²) in [5.41, 5.74) is 1.87. The second-order valence-corrected chi connectivity index (χ2v) is 12.4. The standard InChI is InChI=1S/C30H36F3N5O4S/c1-20(39)36-43(40,41)24-14-15-27(29(18-24)42-4)34-16-6-7-23-17-25-26(35-21-10-12-22(13-11-21)37(2)3)8-5-9-28(25)38(23)19-30(31,32)33/h5,8-9,14-15,17-18,21-22,34-35H,10-13,16,19H2,1-4H3,(H,36,39). The van der Waals surface area contributed by atoms with E-state index in [4.69, 9.17) is 4.74 Å². The first-order valence-corrected chi connectivity index (χ1v) is 15.3. The lowest BCUT2D eigenvalue weighted by atomic mass is 9.90. The topological polar surface area (TPSA) is 105 Å². The van der Waals surface area contributed by atoms with Crippen LogP contribution in [0.15, 0.2) is 47.4 Å². The van der Waals surface area contributed by atoms with E-state index in [-0.39, 0.29) is 28.9 Å². The maximum atomic E-state index is 13.6. The number of anilines is 2. The Labute approximate surface area is 249 Å². The number of fused-ring (bicyclic) bond motifs is 1. The molecule has 0 unspecified atom stereocenters. The van der Waals surface area contributed by atoms with Crippen LogP contribution < -0.4 is 20.1 Å². The molecule has 0 bridgehead atoms. The molecule has 4 rings (SSSR count). The van der Waals surface area contributed by atoms with Gasteiger partial charge < -0.3 is 24.8 Å². The van der Waals surface area contributed by atoms with Gasteiger partial charge in [0.1, 0.15) is 12.3 Å². The molecule has 1 heterocycles. The zero-order valence-corrected chi connectivity index (χ0v) is 25.3. The van der Waals surface area contributed by atoms with Crippen LogP contribution in [0.2, 0.25) is 0 Å². The van der Waals surface area contributed by atoms with Crippen molar-refractivity contribution in [3.8, 4) is 17.6 Å². The van der Waals surface area contributed by atoms with Gasteiger partial charge in [-0.05, 0) is 76.0 Å². The minimum absolute atomic E-state index is 0.0436. The maximum absolute atomic E-state index is 13.6. The van der Waals surface area contributed by atoms with Gasteiger partial charge in [0.25, 0.3) is 10.0 Å². The van der Waals surface area contributed by atoms with E-state index in [0.29, 0.717) is 22.6 Å². The first-order chi connectivity index (χ1) is 20.3. The molecule has 0 aliphatic heterocycles. The molecule has 0 saturated heterocycles. The molecule has 1 amide bonds. The Kier molecular flexibility index (Phi) is 9.82. The third-order valence-electron chi connectivity index (χ3n) is 7.41. The average Bonchev–Trinajstić information content (AvgIpc) is 3.27. The van der Waals surface area contributed by atoms with Crippen molar-refractivity contribution in [3.63, 3.8) is 0 Å². The third-order valence-corrected chi connectivity index (χ3v) is 8.85. The number of nitrogens with one attached hydrogen (secondary N) is 3. The fourth-order valence-electron chi connectivity index (χ4n) is 5.33. The van der Waals surface area contributed by atoms with Crippen LogP contribution in [0.5, 0.6) is 5.75 Å². The quantitative estimate of drug-likeness (QED) is 0.296. The van der Waals surface area contributed by atoms with Crippen molar-refractivity contribution in [1.82, 2.24) is 14.2 Å². The number of aromatic nitrogens is 1. The molecule has 232 valence electrons. The molecule has 9 nitrogen and oxygen atoms in total. The lowest BCUT2D eigenvalue weighted by Crippen LogP contribution is -2.36. The van der Waals surface area contributed by atoms with Crippen LogP contribution in [0.1, 0.15) is 38.3 Å². The molecular formula is C30H36F3N5O4S. The summed E-state index contributed by atoms with van der Waals surface area (Å²) in [5.74, 6) is 5.21. The highest BCUT2D eigenvalue weighted by Gasteiger charge is 2.30. The van der Waals surface area contributed by atoms with Crippen molar-refractivity contribution in [2.24, 2.45) is 0 Å². The zero-order chi connectivity index (χ0) is 31.4. The van der Waals surface area contributed by atoms with Gasteiger partial charge in [0.15, 0.2) is 0 Å². The molecule has 43 heavy (non-hydrogen) atoms. The fraction of sp³-hybridized carbons (Fsp3) is 0.433. The number of alkyl halides is 3. The smallest absolute Gasteiger partial charge is 0.406 e. The Bertz CT molecular complexity index is 1630. The van der Waals surface area contributed by atoms with E-state index >= 15 is 0 Å². The number of amides is 1. The highest BCUT2D eigenvalue weighted by atomic mass is 32.2. The Morgan fingerprint density at radius 3 is 2.44 bits per heavy atom. The molecule has 0 atom stereocenters. The first-order valence-electron chi connectivity index (χ1n) is 13.8. The van der Waals surface area contributed by atoms with Gasteiger partial charge in [-0.25, -0.2) is 13.1 Å². The Hall–Kier alpha value is -3.89. The number of sulfonamides is 1. The van der Waals surface area contributed by atoms with E-state index < -0.39 is 28.7 Å². The summed E-state index contributed by atoms with van der Waals surface area (Å²) < 4.78 is 73.7. The van der Waals surface area contributed by atoms with Crippen LogP contribution in [-0.4, -0.2) is 69.8 Å². The summed E-state index contributed by atoms with van der Waals surface area (Å²) in [6, 6.07) is 11.8. The van der Waals surface area contributed by atoms with Crippen molar-refractivity contribution in [3.05, 3.63) is 48.2 Å². The molecule has 13 heteroatoms. The number of ether oxygens (including phenoxy) is 1. The molecule has 0 radical (unpaired) electrons. The van der Waals surface area contributed by atoms with Crippen LogP contribution in [-0.2, 0) is 21.4 Å². The number of hydrogen-bond donors (Lipinski definition) is 3. The van der Waals surface area contributed by atoms with Gasteiger partial charge in [-0.15, -0.1) is 0 Å². The molecule has 3 N–H and O–H groups in total. The summed E-state index contributed by atoms with van der Waals surface area (Å²) >= 11 is 0. The number of halogens is 3. The predicted molar refractivity (Wildman–Crippen MR) is 161 cm³/mol. The van der Waals surface area contributed by atoms with E-state index in [0.717, 1.165) is 38.3 Å². The second-order valence-electron chi connectivity index (χ2n) is 10.8. The molecule has 1 aromatic heterocycles. The maximum Gasteiger partial charge on any atom is 0.406 e. The number of benzene rings is 2.